The van der Waals surface area contributed by atoms with Gasteiger partial charge in [-0.1, -0.05) is 0 Å². The third-order valence-electron chi connectivity index (χ3n) is 2.82. The van der Waals surface area contributed by atoms with E-state index in [9.17, 15) is 26.7 Å². The lowest BCUT2D eigenvalue weighted by atomic mass is 10.2. The van der Waals surface area contributed by atoms with Crippen molar-refractivity contribution in [2.45, 2.75) is 0 Å². The first-order valence-corrected chi connectivity index (χ1v) is 6.37. The van der Waals surface area contributed by atoms with Gasteiger partial charge in [-0.05, 0) is 24.3 Å². The van der Waals surface area contributed by atoms with Gasteiger partial charge in [0.2, 0.25) is 11.6 Å². The molecule has 0 atom stereocenters. The van der Waals surface area contributed by atoms with Crippen molar-refractivity contribution in [2.24, 2.45) is 0 Å². The summed E-state index contributed by atoms with van der Waals surface area (Å²) in [4.78, 5) is 14.1. The zero-order chi connectivity index (χ0) is 17.0. The number of nitrogens with one attached hydrogen (secondary N) is 2. The second-order valence-corrected chi connectivity index (χ2v) is 4.39. The number of pyridine rings is 1. The molecule has 1 amide bonds. The number of rotatable bonds is 5. The molecular formula is C14H10F5N3O. The quantitative estimate of drug-likeness (QED) is 0.503. The number of hydrogen-bond acceptors (Lipinski definition) is 3. The highest BCUT2D eigenvalue weighted by molar-refractivity contribution is 5.94. The monoisotopic (exact) mass is 331 g/mol. The van der Waals surface area contributed by atoms with Crippen LogP contribution >= 0.6 is 0 Å². The summed E-state index contributed by atoms with van der Waals surface area (Å²) in [6.45, 7) is -0.301. The van der Waals surface area contributed by atoms with Crippen LogP contribution in [0.5, 0.6) is 0 Å². The first-order valence-electron chi connectivity index (χ1n) is 6.37. The molecule has 0 bridgehead atoms. The predicted octanol–water partition coefficient (Wildman–Crippen LogP) is 2.62. The topological polar surface area (TPSA) is 54.0 Å². The molecule has 2 N–H and O–H groups in total. The molecule has 0 spiro atoms. The lowest BCUT2D eigenvalue weighted by molar-refractivity contribution is 0.0955. The van der Waals surface area contributed by atoms with E-state index in [1.54, 1.807) is 0 Å². The normalized spacial score (nSPS) is 10.5. The Bertz CT molecular complexity index is 695. The summed E-state index contributed by atoms with van der Waals surface area (Å²) in [6, 6.07) is 4.71. The molecule has 0 aliphatic heterocycles. The molecule has 0 fully saturated rings. The molecule has 4 nitrogen and oxygen atoms in total. The highest BCUT2D eigenvalue weighted by atomic mass is 19.2. The lowest BCUT2D eigenvalue weighted by Crippen LogP contribution is -2.29. The molecule has 0 saturated carbocycles. The van der Waals surface area contributed by atoms with Crippen molar-refractivity contribution in [3.8, 4) is 0 Å². The molecule has 0 radical (unpaired) electrons. The van der Waals surface area contributed by atoms with Crippen LogP contribution in [0.2, 0.25) is 0 Å². The van der Waals surface area contributed by atoms with Gasteiger partial charge in [0.1, 0.15) is 11.5 Å². The minimum Gasteiger partial charge on any atom is -0.378 e. The maximum Gasteiger partial charge on any atom is 0.253 e. The first-order chi connectivity index (χ1) is 10.9. The fraction of sp³-hybridized carbons (Fsp3) is 0.143. The summed E-state index contributed by atoms with van der Waals surface area (Å²) in [7, 11) is 0. The summed E-state index contributed by atoms with van der Waals surface area (Å²) >= 11 is 0. The van der Waals surface area contributed by atoms with Crippen molar-refractivity contribution >= 4 is 11.6 Å². The molecule has 1 heterocycles. The second-order valence-electron chi connectivity index (χ2n) is 4.39. The smallest absolute Gasteiger partial charge is 0.253 e. The highest BCUT2D eigenvalue weighted by Crippen LogP contribution is 2.21. The molecule has 1 aromatic heterocycles. The third-order valence-corrected chi connectivity index (χ3v) is 2.82. The molecular weight excluding hydrogens is 321 g/mol. The fourth-order valence-electron chi connectivity index (χ4n) is 1.71. The second kappa shape index (κ2) is 7.03. The van der Waals surface area contributed by atoms with E-state index in [0.29, 0.717) is 0 Å². The van der Waals surface area contributed by atoms with Crippen molar-refractivity contribution in [1.29, 1.82) is 0 Å². The van der Waals surface area contributed by atoms with E-state index in [1.165, 1.54) is 12.1 Å². The maximum absolute atomic E-state index is 13.3. The van der Waals surface area contributed by atoms with Crippen LogP contribution in [0.4, 0.5) is 27.6 Å². The average Bonchev–Trinajstić information content (AvgIpc) is 2.52. The Labute approximate surface area is 127 Å². The van der Waals surface area contributed by atoms with Crippen LogP contribution in [0, 0.1) is 29.3 Å². The average molecular weight is 331 g/mol. The van der Waals surface area contributed by atoms with E-state index in [4.69, 9.17) is 0 Å². The summed E-state index contributed by atoms with van der Waals surface area (Å²) in [5.74, 6) is -7.92. The Balaban J connectivity index is 1.91. The number of carbonyl (C=O) groups excluding carboxylic acids is 1. The molecule has 122 valence electrons. The van der Waals surface area contributed by atoms with Crippen molar-refractivity contribution in [1.82, 2.24) is 10.3 Å². The SMILES string of the molecule is O=C(NCCNc1c(F)c(F)nc(F)c1F)c1ccc(F)cc1. The summed E-state index contributed by atoms with van der Waals surface area (Å²) < 4.78 is 65.1. The molecule has 2 rings (SSSR count). The van der Waals surface area contributed by atoms with Gasteiger partial charge in [-0.2, -0.15) is 22.5 Å². The molecule has 0 unspecified atom stereocenters. The Morgan fingerprint density at radius 2 is 1.48 bits per heavy atom. The summed E-state index contributed by atoms with van der Waals surface area (Å²) in [5, 5.41) is 4.52. The third kappa shape index (κ3) is 3.93. The van der Waals surface area contributed by atoms with E-state index in [2.05, 4.69) is 15.6 Å². The van der Waals surface area contributed by atoms with Gasteiger partial charge in [0.05, 0.1) is 0 Å². The van der Waals surface area contributed by atoms with E-state index in [-0.39, 0.29) is 18.7 Å². The van der Waals surface area contributed by atoms with Gasteiger partial charge in [0.15, 0.2) is 0 Å². The van der Waals surface area contributed by atoms with Crippen LogP contribution in [0.15, 0.2) is 24.3 Å². The Morgan fingerprint density at radius 1 is 0.913 bits per heavy atom. The van der Waals surface area contributed by atoms with Crippen LogP contribution in [0.3, 0.4) is 0 Å². The summed E-state index contributed by atoms with van der Waals surface area (Å²) in [5.41, 5.74) is -0.823. The number of anilines is 1. The van der Waals surface area contributed by atoms with Crippen LogP contribution in [0.25, 0.3) is 0 Å². The van der Waals surface area contributed by atoms with Crippen LogP contribution in [-0.4, -0.2) is 24.0 Å². The number of carbonyl (C=O) groups is 1. The minimum absolute atomic E-state index is 0.0966. The molecule has 0 aliphatic rings. The van der Waals surface area contributed by atoms with Crippen molar-refractivity contribution in [3.63, 3.8) is 0 Å². The predicted molar refractivity (Wildman–Crippen MR) is 71.3 cm³/mol. The Kier molecular flexibility index (Phi) is 5.09. The van der Waals surface area contributed by atoms with Gasteiger partial charge in [0, 0.05) is 18.7 Å². The number of benzene rings is 1. The number of aromatic nitrogens is 1. The van der Waals surface area contributed by atoms with Gasteiger partial charge in [0.25, 0.3) is 17.8 Å². The van der Waals surface area contributed by atoms with E-state index < -0.39 is 40.9 Å². The highest BCUT2D eigenvalue weighted by Gasteiger charge is 2.20. The zero-order valence-electron chi connectivity index (χ0n) is 11.5. The van der Waals surface area contributed by atoms with Crippen molar-refractivity contribution in [2.75, 3.05) is 18.4 Å². The molecule has 2 aromatic rings. The van der Waals surface area contributed by atoms with Gasteiger partial charge < -0.3 is 10.6 Å². The van der Waals surface area contributed by atoms with Crippen LogP contribution < -0.4 is 10.6 Å². The minimum atomic E-state index is -1.78. The van der Waals surface area contributed by atoms with Crippen LogP contribution in [-0.2, 0) is 0 Å². The first kappa shape index (κ1) is 16.7. The van der Waals surface area contributed by atoms with E-state index >= 15 is 0 Å². The number of hydrogen-bond donors (Lipinski definition) is 2. The van der Waals surface area contributed by atoms with Gasteiger partial charge in [-0.15, -0.1) is 0 Å². The molecule has 23 heavy (non-hydrogen) atoms. The van der Waals surface area contributed by atoms with Crippen molar-refractivity contribution < 1.29 is 26.7 Å². The van der Waals surface area contributed by atoms with E-state index in [0.717, 1.165) is 12.1 Å². The van der Waals surface area contributed by atoms with Gasteiger partial charge >= 0.3 is 0 Å². The number of nitrogens with zero attached hydrogens (tertiary/aromatic N) is 1. The van der Waals surface area contributed by atoms with Gasteiger partial charge in [-0.25, -0.2) is 4.39 Å². The van der Waals surface area contributed by atoms with Crippen LogP contribution in [0.1, 0.15) is 10.4 Å². The Morgan fingerprint density at radius 3 is 2.04 bits per heavy atom. The molecule has 1 aromatic carbocycles. The van der Waals surface area contributed by atoms with E-state index in [1.807, 2.05) is 0 Å². The molecule has 9 heteroatoms. The number of amides is 1. The molecule has 0 saturated heterocycles. The fourth-order valence-corrected chi connectivity index (χ4v) is 1.71. The lowest BCUT2D eigenvalue weighted by Gasteiger charge is -2.10. The van der Waals surface area contributed by atoms with Crippen molar-refractivity contribution in [3.05, 3.63) is 59.2 Å². The zero-order valence-corrected chi connectivity index (χ0v) is 11.5. The molecule has 0 aliphatic carbocycles. The van der Waals surface area contributed by atoms with Gasteiger partial charge in [-0.3, -0.25) is 4.79 Å². The number of halogens is 5. The summed E-state index contributed by atoms with van der Waals surface area (Å²) in [6.07, 6.45) is 0. The largest absolute Gasteiger partial charge is 0.378 e. The Hall–Kier alpha value is -2.71. The standard InChI is InChI=1S/C14H10F5N3O/c15-8-3-1-7(2-4-8)14(23)21-6-5-20-11-9(16)12(18)22-13(19)10(11)17/h1-4H,5-6H2,(H,20,22)(H,21,23). The maximum atomic E-state index is 13.3.